The molecule has 7 nitrogen and oxygen atoms in total. The summed E-state index contributed by atoms with van der Waals surface area (Å²) < 4.78 is 2.02. The van der Waals surface area contributed by atoms with E-state index < -0.39 is 0 Å². The lowest BCUT2D eigenvalue weighted by Crippen LogP contribution is -2.52. The Morgan fingerprint density at radius 1 is 1.03 bits per heavy atom. The molecule has 1 aliphatic heterocycles. The Morgan fingerprint density at radius 3 is 2.47 bits per heavy atom. The van der Waals surface area contributed by atoms with Crippen LogP contribution < -0.4 is 10.2 Å². The van der Waals surface area contributed by atoms with E-state index in [-0.39, 0.29) is 0 Å². The third-order valence-corrected chi connectivity index (χ3v) is 5.31. The molecule has 0 aliphatic carbocycles. The van der Waals surface area contributed by atoms with E-state index >= 15 is 0 Å². The SMILES string of the molecule is CCNC(=NCc1ccccc1-n1ccnc1)N1CCN(c2ccccc2O)CC1. The maximum Gasteiger partial charge on any atom is 0.194 e. The molecular formula is C23H28N6O. The van der Waals surface area contributed by atoms with Crippen molar-refractivity contribution in [2.24, 2.45) is 4.99 Å². The van der Waals surface area contributed by atoms with Gasteiger partial charge >= 0.3 is 0 Å². The Kier molecular flexibility index (Phi) is 6.17. The van der Waals surface area contributed by atoms with E-state index in [9.17, 15) is 5.11 Å². The predicted octanol–water partition coefficient (Wildman–Crippen LogP) is 2.87. The fourth-order valence-corrected chi connectivity index (χ4v) is 3.77. The predicted molar refractivity (Wildman–Crippen MR) is 120 cm³/mol. The third kappa shape index (κ3) is 4.40. The Bertz CT molecular complexity index is 977. The van der Waals surface area contributed by atoms with Gasteiger partial charge in [0, 0.05) is 45.1 Å². The van der Waals surface area contributed by atoms with Crippen molar-refractivity contribution in [2.45, 2.75) is 13.5 Å². The Hall–Kier alpha value is -3.48. The van der Waals surface area contributed by atoms with Gasteiger partial charge in [-0.1, -0.05) is 30.3 Å². The Balaban J connectivity index is 1.46. The van der Waals surface area contributed by atoms with E-state index in [0.29, 0.717) is 12.3 Å². The highest BCUT2D eigenvalue weighted by Crippen LogP contribution is 2.27. The first-order chi connectivity index (χ1) is 14.8. The molecule has 0 bridgehead atoms. The van der Waals surface area contributed by atoms with Crippen molar-refractivity contribution in [3.05, 3.63) is 72.8 Å². The Labute approximate surface area is 177 Å². The normalized spacial score (nSPS) is 14.8. The molecule has 1 aliphatic rings. The van der Waals surface area contributed by atoms with Gasteiger partial charge in [0.15, 0.2) is 5.96 Å². The summed E-state index contributed by atoms with van der Waals surface area (Å²) in [5.41, 5.74) is 3.14. The van der Waals surface area contributed by atoms with E-state index in [4.69, 9.17) is 4.99 Å². The van der Waals surface area contributed by atoms with Crippen LogP contribution in [0.5, 0.6) is 5.75 Å². The van der Waals surface area contributed by atoms with Crippen LogP contribution in [0.25, 0.3) is 5.69 Å². The molecule has 2 aromatic carbocycles. The number of phenols is 1. The summed E-state index contributed by atoms with van der Waals surface area (Å²) in [4.78, 5) is 13.6. The van der Waals surface area contributed by atoms with E-state index in [1.54, 1.807) is 12.3 Å². The third-order valence-electron chi connectivity index (χ3n) is 5.31. The van der Waals surface area contributed by atoms with Gasteiger partial charge in [0.25, 0.3) is 0 Å². The zero-order chi connectivity index (χ0) is 20.8. The molecule has 3 aromatic rings. The molecule has 0 unspecified atom stereocenters. The van der Waals surface area contributed by atoms with Gasteiger partial charge in [-0.25, -0.2) is 9.98 Å². The lowest BCUT2D eigenvalue weighted by atomic mass is 10.2. The van der Waals surface area contributed by atoms with Crippen LogP contribution >= 0.6 is 0 Å². The van der Waals surface area contributed by atoms with E-state index in [0.717, 1.165) is 55.6 Å². The molecule has 1 saturated heterocycles. The highest BCUT2D eigenvalue weighted by molar-refractivity contribution is 5.80. The van der Waals surface area contributed by atoms with Crippen molar-refractivity contribution in [3.63, 3.8) is 0 Å². The number of para-hydroxylation sites is 3. The summed E-state index contributed by atoms with van der Waals surface area (Å²) in [5.74, 6) is 1.26. The van der Waals surface area contributed by atoms with Crippen LogP contribution in [-0.2, 0) is 6.54 Å². The minimum absolute atomic E-state index is 0.336. The quantitative estimate of drug-likeness (QED) is 0.506. The average Bonchev–Trinajstić information content (AvgIpc) is 3.32. The Morgan fingerprint density at radius 2 is 1.77 bits per heavy atom. The van der Waals surface area contributed by atoms with Gasteiger partial charge in [-0.3, -0.25) is 0 Å². The number of aliphatic imine (C=N–C) groups is 1. The second kappa shape index (κ2) is 9.35. The second-order valence-electron chi connectivity index (χ2n) is 7.23. The van der Waals surface area contributed by atoms with Crippen LogP contribution in [-0.4, -0.2) is 58.2 Å². The second-order valence-corrected chi connectivity index (χ2v) is 7.23. The lowest BCUT2D eigenvalue weighted by Gasteiger charge is -2.37. The number of aromatic hydroxyl groups is 1. The summed E-state index contributed by atoms with van der Waals surface area (Å²) in [7, 11) is 0. The van der Waals surface area contributed by atoms with Gasteiger partial charge < -0.3 is 24.8 Å². The van der Waals surface area contributed by atoms with Gasteiger partial charge in [-0.2, -0.15) is 0 Å². The number of anilines is 1. The molecule has 0 spiro atoms. The summed E-state index contributed by atoms with van der Waals surface area (Å²) in [6.45, 7) is 6.89. The lowest BCUT2D eigenvalue weighted by molar-refractivity contribution is 0.369. The molecule has 156 valence electrons. The van der Waals surface area contributed by atoms with Crippen LogP contribution in [0.15, 0.2) is 72.2 Å². The van der Waals surface area contributed by atoms with E-state index in [1.165, 1.54) is 0 Å². The number of hydrogen-bond acceptors (Lipinski definition) is 4. The van der Waals surface area contributed by atoms with Crippen LogP contribution in [0.4, 0.5) is 5.69 Å². The maximum atomic E-state index is 10.1. The molecule has 0 radical (unpaired) electrons. The van der Waals surface area contributed by atoms with Crippen molar-refractivity contribution in [2.75, 3.05) is 37.6 Å². The minimum Gasteiger partial charge on any atom is -0.506 e. The first kappa shape index (κ1) is 19.8. The summed E-state index contributed by atoms with van der Waals surface area (Å²) in [5, 5.41) is 13.6. The van der Waals surface area contributed by atoms with Crippen molar-refractivity contribution in [3.8, 4) is 11.4 Å². The smallest absolute Gasteiger partial charge is 0.194 e. The first-order valence-corrected chi connectivity index (χ1v) is 10.4. The zero-order valence-electron chi connectivity index (χ0n) is 17.3. The van der Waals surface area contributed by atoms with Crippen LogP contribution in [0.2, 0.25) is 0 Å². The molecule has 1 aromatic heterocycles. The van der Waals surface area contributed by atoms with Crippen LogP contribution in [0, 0.1) is 0 Å². The number of aromatic nitrogens is 2. The standard InChI is InChI=1S/C23H28N6O/c1-2-25-23(26-17-19-7-3-4-8-20(19)29-12-11-24-18-29)28-15-13-27(14-16-28)21-9-5-6-10-22(21)30/h3-12,18,30H,2,13-17H2,1H3,(H,25,26). The van der Waals surface area contributed by atoms with Crippen molar-refractivity contribution in [1.82, 2.24) is 19.8 Å². The highest BCUT2D eigenvalue weighted by atomic mass is 16.3. The largest absolute Gasteiger partial charge is 0.506 e. The highest BCUT2D eigenvalue weighted by Gasteiger charge is 2.21. The molecule has 0 atom stereocenters. The van der Waals surface area contributed by atoms with Crippen LogP contribution in [0.1, 0.15) is 12.5 Å². The minimum atomic E-state index is 0.336. The van der Waals surface area contributed by atoms with Crippen LogP contribution in [0.3, 0.4) is 0 Å². The molecule has 30 heavy (non-hydrogen) atoms. The molecule has 2 N–H and O–H groups in total. The summed E-state index contributed by atoms with van der Waals surface area (Å²) in [6.07, 6.45) is 5.55. The molecule has 0 saturated carbocycles. The fraction of sp³-hybridized carbons (Fsp3) is 0.304. The monoisotopic (exact) mass is 404 g/mol. The molecular weight excluding hydrogens is 376 g/mol. The average molecular weight is 405 g/mol. The van der Waals surface area contributed by atoms with Crippen molar-refractivity contribution in [1.29, 1.82) is 0 Å². The number of piperazine rings is 1. The molecule has 1 fully saturated rings. The van der Waals surface area contributed by atoms with Gasteiger partial charge in [0.2, 0.25) is 0 Å². The van der Waals surface area contributed by atoms with E-state index in [2.05, 4.69) is 39.2 Å². The topological polar surface area (TPSA) is 68.9 Å². The molecule has 2 heterocycles. The summed E-state index contributed by atoms with van der Waals surface area (Å²) in [6, 6.07) is 15.8. The van der Waals surface area contributed by atoms with Gasteiger partial charge in [0.1, 0.15) is 5.75 Å². The van der Waals surface area contributed by atoms with Crippen molar-refractivity contribution < 1.29 is 5.11 Å². The number of nitrogens with zero attached hydrogens (tertiary/aromatic N) is 5. The number of phenolic OH excluding ortho intramolecular Hbond substituents is 1. The fourth-order valence-electron chi connectivity index (χ4n) is 3.77. The number of imidazole rings is 1. The van der Waals surface area contributed by atoms with Gasteiger partial charge in [-0.15, -0.1) is 0 Å². The first-order valence-electron chi connectivity index (χ1n) is 10.4. The number of guanidine groups is 1. The van der Waals surface area contributed by atoms with Gasteiger partial charge in [-0.05, 0) is 30.7 Å². The van der Waals surface area contributed by atoms with Crippen molar-refractivity contribution >= 4 is 11.6 Å². The maximum absolute atomic E-state index is 10.1. The molecule has 4 rings (SSSR count). The van der Waals surface area contributed by atoms with E-state index in [1.807, 2.05) is 47.4 Å². The van der Waals surface area contributed by atoms with Gasteiger partial charge in [0.05, 0.1) is 24.2 Å². The number of rotatable bonds is 5. The molecule has 7 heteroatoms. The number of hydrogen-bond donors (Lipinski definition) is 2. The zero-order valence-corrected chi connectivity index (χ0v) is 17.3. The number of nitrogens with one attached hydrogen (secondary N) is 1. The number of benzene rings is 2. The summed E-state index contributed by atoms with van der Waals surface area (Å²) >= 11 is 0. The molecule has 0 amide bonds.